The maximum absolute atomic E-state index is 5.61. The molecule has 0 radical (unpaired) electrons. The highest BCUT2D eigenvalue weighted by Gasteiger charge is 2.03. The number of nitrogen functional groups attached to an aromatic ring is 1. The van der Waals surface area contributed by atoms with Crippen LogP contribution in [0.25, 0.3) is 0 Å². The van der Waals surface area contributed by atoms with Gasteiger partial charge in [0, 0.05) is 18.9 Å². The summed E-state index contributed by atoms with van der Waals surface area (Å²) in [4.78, 5) is 3.97. The first kappa shape index (κ1) is 9.64. The Kier molecular flexibility index (Phi) is 2.62. The Bertz CT molecular complexity index is 434. The highest BCUT2D eigenvalue weighted by atomic mass is 15.4. The number of aromatic nitrogens is 4. The third-order valence-corrected chi connectivity index (χ3v) is 2.38. The van der Waals surface area contributed by atoms with E-state index in [1.165, 1.54) is 5.56 Å². The SMILES string of the molecule is Cc1c(N)nnn1CCc1ccncc1. The molecule has 0 aliphatic rings. The van der Waals surface area contributed by atoms with E-state index >= 15 is 0 Å². The lowest BCUT2D eigenvalue weighted by atomic mass is 10.2. The van der Waals surface area contributed by atoms with Crippen molar-refractivity contribution in [3.05, 3.63) is 35.8 Å². The second-order valence-corrected chi connectivity index (χ2v) is 3.39. The van der Waals surface area contributed by atoms with Crippen molar-refractivity contribution in [1.29, 1.82) is 0 Å². The van der Waals surface area contributed by atoms with Crippen molar-refractivity contribution < 1.29 is 0 Å². The summed E-state index contributed by atoms with van der Waals surface area (Å²) in [5, 5.41) is 7.76. The van der Waals surface area contributed by atoms with Gasteiger partial charge >= 0.3 is 0 Å². The van der Waals surface area contributed by atoms with Crippen molar-refractivity contribution >= 4 is 5.82 Å². The molecule has 2 aromatic heterocycles. The smallest absolute Gasteiger partial charge is 0.168 e. The number of pyridine rings is 1. The molecule has 0 saturated heterocycles. The van der Waals surface area contributed by atoms with Crippen LogP contribution in [0.1, 0.15) is 11.3 Å². The summed E-state index contributed by atoms with van der Waals surface area (Å²) in [5.74, 6) is 0.504. The van der Waals surface area contributed by atoms with Gasteiger partial charge in [-0.2, -0.15) is 0 Å². The minimum absolute atomic E-state index is 0.504. The van der Waals surface area contributed by atoms with Crippen molar-refractivity contribution in [2.45, 2.75) is 19.9 Å². The summed E-state index contributed by atoms with van der Waals surface area (Å²) in [5.41, 5.74) is 7.76. The van der Waals surface area contributed by atoms with Gasteiger partial charge < -0.3 is 5.73 Å². The summed E-state index contributed by atoms with van der Waals surface area (Å²) in [7, 11) is 0. The molecule has 0 aliphatic carbocycles. The Hall–Kier alpha value is -1.91. The van der Waals surface area contributed by atoms with Crippen LogP contribution in [0, 0.1) is 6.92 Å². The largest absolute Gasteiger partial charge is 0.381 e. The Balaban J connectivity index is 2.02. The number of hydrogen-bond acceptors (Lipinski definition) is 4. The van der Waals surface area contributed by atoms with Gasteiger partial charge in [0.15, 0.2) is 5.82 Å². The number of nitrogens with two attached hydrogens (primary N) is 1. The molecule has 0 saturated carbocycles. The first-order chi connectivity index (χ1) is 7.27. The highest BCUT2D eigenvalue weighted by Crippen LogP contribution is 2.06. The predicted molar refractivity (Wildman–Crippen MR) is 57.1 cm³/mol. The monoisotopic (exact) mass is 203 g/mol. The predicted octanol–water partition coefficient (Wildman–Crippen LogP) is 0.806. The molecule has 0 aromatic carbocycles. The second kappa shape index (κ2) is 4.08. The lowest BCUT2D eigenvalue weighted by Crippen LogP contribution is -2.05. The molecule has 5 nitrogen and oxygen atoms in total. The van der Waals surface area contributed by atoms with Gasteiger partial charge in [-0.25, -0.2) is 4.68 Å². The van der Waals surface area contributed by atoms with Crippen LogP contribution in [-0.4, -0.2) is 20.0 Å². The van der Waals surface area contributed by atoms with E-state index in [4.69, 9.17) is 5.73 Å². The van der Waals surface area contributed by atoms with Crippen LogP contribution in [0.2, 0.25) is 0 Å². The third-order valence-electron chi connectivity index (χ3n) is 2.38. The highest BCUT2D eigenvalue weighted by molar-refractivity contribution is 5.31. The lowest BCUT2D eigenvalue weighted by Gasteiger charge is -2.02. The van der Waals surface area contributed by atoms with E-state index in [-0.39, 0.29) is 0 Å². The molecule has 0 bridgehead atoms. The second-order valence-electron chi connectivity index (χ2n) is 3.39. The average molecular weight is 203 g/mol. The summed E-state index contributed by atoms with van der Waals surface area (Å²) >= 11 is 0. The van der Waals surface area contributed by atoms with E-state index in [2.05, 4.69) is 15.3 Å². The van der Waals surface area contributed by atoms with Crippen molar-refractivity contribution in [2.75, 3.05) is 5.73 Å². The van der Waals surface area contributed by atoms with E-state index in [1.807, 2.05) is 23.7 Å². The van der Waals surface area contributed by atoms with Gasteiger partial charge in [-0.1, -0.05) is 5.21 Å². The number of aryl methyl sites for hydroxylation is 2. The molecular formula is C10H13N5. The molecule has 2 heterocycles. The summed E-state index contributed by atoms with van der Waals surface area (Å²) < 4.78 is 1.82. The van der Waals surface area contributed by atoms with Crippen LogP contribution in [0.4, 0.5) is 5.82 Å². The fourth-order valence-corrected chi connectivity index (χ4v) is 1.37. The standard InChI is InChI=1S/C10H13N5/c1-8-10(11)13-14-15(8)7-4-9-2-5-12-6-3-9/h2-3,5-6H,4,7,11H2,1H3. The van der Waals surface area contributed by atoms with Gasteiger partial charge in [0.05, 0.1) is 5.69 Å². The van der Waals surface area contributed by atoms with Crippen LogP contribution in [-0.2, 0) is 13.0 Å². The first-order valence-electron chi connectivity index (χ1n) is 4.82. The molecule has 78 valence electrons. The average Bonchev–Trinajstić information content (AvgIpc) is 2.59. The molecule has 0 amide bonds. The zero-order valence-corrected chi connectivity index (χ0v) is 8.59. The third kappa shape index (κ3) is 2.12. The normalized spacial score (nSPS) is 10.5. The van der Waals surface area contributed by atoms with Gasteiger partial charge in [-0.05, 0) is 31.0 Å². The molecule has 0 unspecified atom stereocenters. The summed E-state index contributed by atoms with van der Waals surface area (Å²) in [6.07, 6.45) is 4.49. The van der Waals surface area contributed by atoms with Crippen LogP contribution in [0.15, 0.2) is 24.5 Å². The fourth-order valence-electron chi connectivity index (χ4n) is 1.37. The molecule has 0 spiro atoms. The fraction of sp³-hybridized carbons (Fsp3) is 0.300. The van der Waals surface area contributed by atoms with E-state index in [9.17, 15) is 0 Å². The molecule has 0 fully saturated rings. The lowest BCUT2D eigenvalue weighted by molar-refractivity contribution is 0.575. The Morgan fingerprint density at radius 3 is 2.67 bits per heavy atom. The van der Waals surface area contributed by atoms with Crippen LogP contribution in [0.5, 0.6) is 0 Å². The molecule has 0 aliphatic heterocycles. The quantitative estimate of drug-likeness (QED) is 0.801. The Morgan fingerprint density at radius 2 is 2.07 bits per heavy atom. The maximum Gasteiger partial charge on any atom is 0.168 e. The Labute approximate surface area is 87.9 Å². The van der Waals surface area contributed by atoms with E-state index < -0.39 is 0 Å². The van der Waals surface area contributed by atoms with Gasteiger partial charge in [0.25, 0.3) is 0 Å². The van der Waals surface area contributed by atoms with E-state index in [0.29, 0.717) is 5.82 Å². The first-order valence-corrected chi connectivity index (χ1v) is 4.82. The van der Waals surface area contributed by atoms with Crippen molar-refractivity contribution in [2.24, 2.45) is 0 Å². The summed E-state index contributed by atoms with van der Waals surface area (Å²) in [6.45, 7) is 2.71. The molecule has 5 heteroatoms. The van der Waals surface area contributed by atoms with Gasteiger partial charge in [0.2, 0.25) is 0 Å². The summed E-state index contributed by atoms with van der Waals surface area (Å²) in [6, 6.07) is 3.99. The number of anilines is 1. The van der Waals surface area contributed by atoms with E-state index in [1.54, 1.807) is 12.4 Å². The molecule has 2 rings (SSSR count). The zero-order valence-electron chi connectivity index (χ0n) is 8.59. The van der Waals surface area contributed by atoms with Crippen LogP contribution >= 0.6 is 0 Å². The van der Waals surface area contributed by atoms with Gasteiger partial charge in [-0.15, -0.1) is 5.10 Å². The van der Waals surface area contributed by atoms with Crippen molar-refractivity contribution in [3.8, 4) is 0 Å². The van der Waals surface area contributed by atoms with Crippen molar-refractivity contribution in [3.63, 3.8) is 0 Å². The topological polar surface area (TPSA) is 69.6 Å². The minimum Gasteiger partial charge on any atom is -0.381 e. The molecule has 15 heavy (non-hydrogen) atoms. The molecular weight excluding hydrogens is 190 g/mol. The molecule has 0 atom stereocenters. The van der Waals surface area contributed by atoms with Gasteiger partial charge in [0.1, 0.15) is 0 Å². The van der Waals surface area contributed by atoms with E-state index in [0.717, 1.165) is 18.7 Å². The number of hydrogen-bond donors (Lipinski definition) is 1. The number of nitrogens with zero attached hydrogens (tertiary/aromatic N) is 4. The van der Waals surface area contributed by atoms with Gasteiger partial charge in [-0.3, -0.25) is 4.98 Å². The number of rotatable bonds is 3. The molecule has 2 N–H and O–H groups in total. The minimum atomic E-state index is 0.504. The maximum atomic E-state index is 5.61. The molecule has 2 aromatic rings. The van der Waals surface area contributed by atoms with Crippen LogP contribution in [0.3, 0.4) is 0 Å². The van der Waals surface area contributed by atoms with Crippen molar-refractivity contribution in [1.82, 2.24) is 20.0 Å². The zero-order chi connectivity index (χ0) is 10.7. The Morgan fingerprint density at radius 1 is 1.33 bits per heavy atom. The van der Waals surface area contributed by atoms with Crippen LogP contribution < -0.4 is 5.73 Å².